The summed E-state index contributed by atoms with van der Waals surface area (Å²) in [5.41, 5.74) is -1.16. The molecule has 4 unspecified atom stereocenters. The molecule has 1 aliphatic heterocycles. The Kier molecular flexibility index (Phi) is 7.75. The van der Waals surface area contributed by atoms with Gasteiger partial charge in [0.05, 0.1) is 6.04 Å². The molecule has 1 aliphatic rings. The van der Waals surface area contributed by atoms with Crippen LogP contribution in [-0.2, 0) is 14.4 Å². The highest BCUT2D eigenvalue weighted by atomic mass is 19.1. The fraction of sp³-hybridized carbons (Fsp3) is 0.591. The maximum absolute atomic E-state index is 14.0. The van der Waals surface area contributed by atoms with Crippen molar-refractivity contribution in [2.75, 3.05) is 18.9 Å². The predicted octanol–water partition coefficient (Wildman–Crippen LogP) is 2.28. The van der Waals surface area contributed by atoms with Crippen molar-refractivity contribution in [3.05, 3.63) is 29.8 Å². The Bertz CT molecular complexity index is 820. The molecule has 1 heterocycles. The molecule has 0 radical (unpaired) electrons. The molecule has 0 bridgehead atoms. The first-order valence-corrected chi connectivity index (χ1v) is 10.4. The van der Waals surface area contributed by atoms with Crippen molar-refractivity contribution in [1.82, 2.24) is 15.5 Å². The molecule has 0 aromatic heterocycles. The van der Waals surface area contributed by atoms with Crippen molar-refractivity contribution in [2.45, 2.75) is 59.2 Å². The highest BCUT2D eigenvalue weighted by molar-refractivity contribution is 5.99. The number of amides is 3. The number of anilines is 1. The summed E-state index contributed by atoms with van der Waals surface area (Å²) in [6.07, 6.45) is 0.353. The molecule has 1 saturated heterocycles. The van der Waals surface area contributed by atoms with Gasteiger partial charge in [-0.3, -0.25) is 14.4 Å². The van der Waals surface area contributed by atoms with Crippen LogP contribution in [0.4, 0.5) is 14.5 Å². The second-order valence-corrected chi connectivity index (χ2v) is 9.25. The van der Waals surface area contributed by atoms with E-state index in [-0.39, 0.29) is 11.8 Å². The van der Waals surface area contributed by atoms with Crippen LogP contribution in [0, 0.1) is 23.0 Å². The Hall–Kier alpha value is -2.55. The van der Waals surface area contributed by atoms with Crippen LogP contribution in [-0.4, -0.2) is 54.3 Å². The third kappa shape index (κ3) is 5.78. The van der Waals surface area contributed by atoms with Gasteiger partial charge in [-0.2, -0.15) is 0 Å². The number of likely N-dealkylation sites (N-methyl/N-ethyl adjacent to an activating group) is 1. The van der Waals surface area contributed by atoms with Crippen LogP contribution >= 0.6 is 0 Å². The molecular weight excluding hydrogens is 406 g/mol. The summed E-state index contributed by atoms with van der Waals surface area (Å²) in [4.78, 5) is 40.2. The van der Waals surface area contributed by atoms with Crippen LogP contribution in [0.5, 0.6) is 0 Å². The fourth-order valence-corrected chi connectivity index (χ4v) is 3.57. The smallest absolute Gasteiger partial charge is 0.247 e. The standard InChI is InChI=1S/C22H32F2N4O3/c1-12-10-16(20(30)26-17-14(23)8-7-9-15(17)24)28(11-12)21(31)18(22(3,4)5)27-19(29)13(2)25-6/h7-9,12-13,16,18,25H,10-11H2,1-6H3,(H,26,30)(H,27,29). The third-order valence-corrected chi connectivity index (χ3v) is 5.53. The zero-order valence-corrected chi connectivity index (χ0v) is 18.9. The number of halogens is 2. The summed E-state index contributed by atoms with van der Waals surface area (Å²) in [6.45, 7) is 9.35. The Morgan fingerprint density at radius 2 is 1.74 bits per heavy atom. The highest BCUT2D eigenvalue weighted by Crippen LogP contribution is 2.29. The van der Waals surface area contributed by atoms with Crippen LogP contribution in [0.1, 0.15) is 41.0 Å². The number of benzene rings is 1. The Morgan fingerprint density at radius 3 is 2.26 bits per heavy atom. The van der Waals surface area contributed by atoms with Gasteiger partial charge in [-0.25, -0.2) is 8.78 Å². The van der Waals surface area contributed by atoms with Gasteiger partial charge in [-0.1, -0.05) is 33.8 Å². The largest absolute Gasteiger partial charge is 0.342 e. The number of nitrogens with one attached hydrogen (secondary N) is 3. The minimum absolute atomic E-state index is 0.0118. The van der Waals surface area contributed by atoms with Gasteiger partial charge in [-0.05, 0) is 43.9 Å². The van der Waals surface area contributed by atoms with Gasteiger partial charge in [0.15, 0.2) is 0 Å². The number of likely N-dealkylation sites (tertiary alicyclic amines) is 1. The molecule has 9 heteroatoms. The average Bonchev–Trinajstić information content (AvgIpc) is 3.08. The van der Waals surface area contributed by atoms with Crippen LogP contribution < -0.4 is 16.0 Å². The summed E-state index contributed by atoms with van der Waals surface area (Å²) < 4.78 is 28.0. The van der Waals surface area contributed by atoms with Gasteiger partial charge in [0.2, 0.25) is 17.7 Å². The van der Waals surface area contributed by atoms with Gasteiger partial charge in [0, 0.05) is 6.54 Å². The maximum atomic E-state index is 14.0. The quantitative estimate of drug-likeness (QED) is 0.636. The van der Waals surface area contributed by atoms with Crippen molar-refractivity contribution in [3.63, 3.8) is 0 Å². The van der Waals surface area contributed by atoms with Crippen molar-refractivity contribution in [3.8, 4) is 0 Å². The minimum atomic E-state index is -0.898. The molecule has 1 aromatic carbocycles. The SMILES string of the molecule is CNC(C)C(=O)NC(C(=O)N1CC(C)CC1C(=O)Nc1c(F)cccc1F)C(C)(C)C. The van der Waals surface area contributed by atoms with Crippen LogP contribution in [0.3, 0.4) is 0 Å². The zero-order chi connectivity index (χ0) is 23.5. The molecule has 7 nitrogen and oxygen atoms in total. The van der Waals surface area contributed by atoms with Gasteiger partial charge in [0.1, 0.15) is 29.4 Å². The molecule has 3 amide bonds. The van der Waals surface area contributed by atoms with Crippen molar-refractivity contribution in [2.24, 2.45) is 11.3 Å². The lowest BCUT2D eigenvalue weighted by atomic mass is 9.85. The molecular formula is C22H32F2N4O3. The average molecular weight is 439 g/mol. The van der Waals surface area contributed by atoms with E-state index in [1.54, 1.807) is 14.0 Å². The Balaban J connectivity index is 2.27. The van der Waals surface area contributed by atoms with Gasteiger partial charge >= 0.3 is 0 Å². The van der Waals surface area contributed by atoms with E-state index in [0.29, 0.717) is 13.0 Å². The first-order chi connectivity index (χ1) is 14.4. The Morgan fingerprint density at radius 1 is 1.16 bits per heavy atom. The summed E-state index contributed by atoms with van der Waals surface area (Å²) in [5, 5.41) is 7.90. The highest BCUT2D eigenvalue weighted by Gasteiger charge is 2.44. The lowest BCUT2D eigenvalue weighted by Gasteiger charge is -2.36. The van der Waals surface area contributed by atoms with Gasteiger partial charge in [0.25, 0.3) is 0 Å². The number of carbonyl (C=O) groups excluding carboxylic acids is 3. The molecule has 4 atom stereocenters. The van der Waals surface area contributed by atoms with Crippen LogP contribution in [0.25, 0.3) is 0 Å². The molecule has 172 valence electrons. The molecule has 0 saturated carbocycles. The number of carbonyl (C=O) groups is 3. The van der Waals surface area contributed by atoms with Crippen molar-refractivity contribution >= 4 is 23.4 Å². The van der Waals surface area contributed by atoms with E-state index < -0.39 is 52.7 Å². The number of para-hydroxylation sites is 1. The first-order valence-electron chi connectivity index (χ1n) is 10.4. The van der Waals surface area contributed by atoms with Crippen molar-refractivity contribution < 1.29 is 23.2 Å². The van der Waals surface area contributed by atoms with Crippen LogP contribution in [0.2, 0.25) is 0 Å². The molecule has 1 fully saturated rings. The van der Waals surface area contributed by atoms with Gasteiger partial charge in [-0.15, -0.1) is 0 Å². The third-order valence-electron chi connectivity index (χ3n) is 5.53. The Labute approximate surface area is 181 Å². The van der Waals surface area contributed by atoms with E-state index in [0.717, 1.165) is 12.1 Å². The first kappa shape index (κ1) is 24.7. The predicted molar refractivity (Wildman–Crippen MR) is 114 cm³/mol. The lowest BCUT2D eigenvalue weighted by molar-refractivity contribution is -0.143. The summed E-state index contributed by atoms with van der Waals surface area (Å²) >= 11 is 0. The monoisotopic (exact) mass is 438 g/mol. The van der Waals surface area contributed by atoms with Gasteiger partial charge < -0.3 is 20.9 Å². The molecule has 0 spiro atoms. The zero-order valence-electron chi connectivity index (χ0n) is 18.9. The van der Waals surface area contributed by atoms with E-state index in [1.807, 2.05) is 27.7 Å². The topological polar surface area (TPSA) is 90.5 Å². The molecule has 31 heavy (non-hydrogen) atoms. The number of rotatable bonds is 6. The molecule has 1 aromatic rings. The number of hydrogen-bond acceptors (Lipinski definition) is 4. The van der Waals surface area contributed by atoms with E-state index in [1.165, 1.54) is 11.0 Å². The number of nitrogens with zero attached hydrogens (tertiary/aromatic N) is 1. The number of hydrogen-bond donors (Lipinski definition) is 3. The van der Waals surface area contributed by atoms with E-state index in [2.05, 4.69) is 16.0 Å². The molecule has 0 aliphatic carbocycles. The second kappa shape index (κ2) is 9.72. The second-order valence-electron chi connectivity index (χ2n) is 9.25. The molecule has 3 N–H and O–H groups in total. The molecule has 2 rings (SSSR count). The van der Waals surface area contributed by atoms with E-state index in [4.69, 9.17) is 0 Å². The van der Waals surface area contributed by atoms with Crippen LogP contribution in [0.15, 0.2) is 18.2 Å². The fourth-order valence-electron chi connectivity index (χ4n) is 3.57. The summed E-state index contributed by atoms with van der Waals surface area (Å²) in [5.74, 6) is -3.17. The maximum Gasteiger partial charge on any atom is 0.247 e. The van der Waals surface area contributed by atoms with Crippen molar-refractivity contribution in [1.29, 1.82) is 0 Å². The lowest BCUT2D eigenvalue weighted by Crippen LogP contribution is -2.59. The van der Waals surface area contributed by atoms with E-state index in [9.17, 15) is 23.2 Å². The minimum Gasteiger partial charge on any atom is -0.342 e. The summed E-state index contributed by atoms with van der Waals surface area (Å²) in [6, 6.07) is 1.03. The summed E-state index contributed by atoms with van der Waals surface area (Å²) in [7, 11) is 1.64. The van der Waals surface area contributed by atoms with E-state index >= 15 is 0 Å². The normalized spacial score (nSPS) is 20.8.